The minimum Gasteiger partial charge on any atom is -0.326 e. The second kappa shape index (κ2) is 7.63. The van der Waals surface area contributed by atoms with Gasteiger partial charge < -0.3 is 10.6 Å². The average Bonchev–Trinajstić information content (AvgIpc) is 2.51. The minimum atomic E-state index is -3.80. The van der Waals surface area contributed by atoms with Crippen LogP contribution in [-0.2, 0) is 14.8 Å². The number of primary sulfonamides is 1. The monoisotopic (exact) mass is 353 g/mol. The molecule has 0 bridgehead atoms. The van der Waals surface area contributed by atoms with Crippen molar-refractivity contribution in [2.24, 2.45) is 17.0 Å². The molecule has 4 N–H and O–H groups in total. The van der Waals surface area contributed by atoms with E-state index in [2.05, 4.69) is 17.6 Å². The molecule has 6 nitrogen and oxygen atoms in total. The number of hydrogen-bond acceptors (Lipinski definition) is 4. The lowest BCUT2D eigenvalue weighted by Crippen LogP contribution is -2.32. The molecule has 2 rings (SSSR count). The second-order valence-electron chi connectivity index (χ2n) is 6.77. The van der Waals surface area contributed by atoms with Crippen LogP contribution in [0.25, 0.3) is 0 Å². The summed E-state index contributed by atoms with van der Waals surface area (Å²) in [5, 5.41) is 11.4. The first-order chi connectivity index (χ1) is 11.2. The molecule has 1 aliphatic heterocycles. The molecule has 1 amide bonds. The fourth-order valence-electron chi connectivity index (χ4n) is 3.19. The summed E-state index contributed by atoms with van der Waals surface area (Å²) in [6, 6.07) is 2.96. The van der Waals surface area contributed by atoms with Crippen LogP contribution in [0.3, 0.4) is 0 Å². The Morgan fingerprint density at radius 3 is 2.54 bits per heavy atom. The SMILES string of the molecule is Cc1cc(S(N)(=O)=O)cc(NC(=O)CC(C)C2CCNCC2)c1C. The van der Waals surface area contributed by atoms with Crippen molar-refractivity contribution in [1.82, 2.24) is 5.32 Å². The Morgan fingerprint density at radius 1 is 1.33 bits per heavy atom. The molecular formula is C17H27N3O3S. The third-order valence-electron chi connectivity index (χ3n) is 4.94. The van der Waals surface area contributed by atoms with Gasteiger partial charge in [-0.25, -0.2) is 13.6 Å². The summed E-state index contributed by atoms with van der Waals surface area (Å²) in [7, 11) is -3.80. The fraction of sp³-hybridized carbons (Fsp3) is 0.588. The van der Waals surface area contributed by atoms with Crippen LogP contribution in [0.4, 0.5) is 5.69 Å². The van der Waals surface area contributed by atoms with E-state index in [1.54, 1.807) is 6.92 Å². The predicted octanol–water partition coefficient (Wildman–Crippen LogP) is 1.92. The van der Waals surface area contributed by atoms with Gasteiger partial charge in [-0.05, 0) is 74.9 Å². The molecule has 24 heavy (non-hydrogen) atoms. The number of amides is 1. The topological polar surface area (TPSA) is 101 Å². The summed E-state index contributed by atoms with van der Waals surface area (Å²) in [6.07, 6.45) is 2.61. The number of piperidine rings is 1. The van der Waals surface area contributed by atoms with Crippen molar-refractivity contribution in [2.45, 2.75) is 44.9 Å². The molecule has 1 aromatic carbocycles. The van der Waals surface area contributed by atoms with E-state index in [1.807, 2.05) is 6.92 Å². The lowest BCUT2D eigenvalue weighted by molar-refractivity contribution is -0.117. The standard InChI is InChI=1S/C17H27N3O3S/c1-11-8-15(24(18,22)23)10-16(13(11)3)20-17(21)9-12(2)14-4-6-19-7-5-14/h8,10,12,14,19H,4-7,9H2,1-3H3,(H,20,21)(H2,18,22,23). The maximum atomic E-state index is 12.4. The summed E-state index contributed by atoms with van der Waals surface area (Å²) in [4.78, 5) is 12.4. The van der Waals surface area contributed by atoms with Crippen LogP contribution in [0.2, 0.25) is 0 Å². The van der Waals surface area contributed by atoms with Crippen LogP contribution < -0.4 is 15.8 Å². The first-order valence-corrected chi connectivity index (χ1v) is 9.87. The van der Waals surface area contributed by atoms with Crippen molar-refractivity contribution in [2.75, 3.05) is 18.4 Å². The molecule has 1 heterocycles. The highest BCUT2D eigenvalue weighted by Gasteiger charge is 2.22. The molecule has 0 saturated carbocycles. The third kappa shape index (κ3) is 4.78. The van der Waals surface area contributed by atoms with E-state index < -0.39 is 10.0 Å². The number of anilines is 1. The van der Waals surface area contributed by atoms with Gasteiger partial charge >= 0.3 is 0 Å². The molecule has 1 aliphatic rings. The first kappa shape index (κ1) is 18.9. The largest absolute Gasteiger partial charge is 0.326 e. The van der Waals surface area contributed by atoms with E-state index in [4.69, 9.17) is 5.14 Å². The molecule has 0 radical (unpaired) electrons. The summed E-state index contributed by atoms with van der Waals surface area (Å²) in [6.45, 7) is 7.77. The van der Waals surface area contributed by atoms with Gasteiger partial charge in [0.2, 0.25) is 15.9 Å². The number of hydrogen-bond donors (Lipinski definition) is 3. The lowest BCUT2D eigenvalue weighted by Gasteiger charge is -2.28. The molecule has 0 spiro atoms. The van der Waals surface area contributed by atoms with Gasteiger partial charge in [0.1, 0.15) is 0 Å². The fourth-order valence-corrected chi connectivity index (χ4v) is 3.82. The van der Waals surface area contributed by atoms with Gasteiger partial charge in [0.05, 0.1) is 4.90 Å². The second-order valence-corrected chi connectivity index (χ2v) is 8.34. The van der Waals surface area contributed by atoms with E-state index in [1.165, 1.54) is 12.1 Å². The minimum absolute atomic E-state index is 0.0207. The Bertz CT molecular complexity index is 710. The van der Waals surface area contributed by atoms with Gasteiger partial charge in [-0.1, -0.05) is 6.92 Å². The van der Waals surface area contributed by atoms with Crippen LogP contribution in [0.15, 0.2) is 17.0 Å². The summed E-state index contributed by atoms with van der Waals surface area (Å²) < 4.78 is 23.2. The van der Waals surface area contributed by atoms with E-state index in [9.17, 15) is 13.2 Å². The molecule has 1 aromatic rings. The van der Waals surface area contributed by atoms with Gasteiger partial charge in [-0.3, -0.25) is 4.79 Å². The zero-order valence-electron chi connectivity index (χ0n) is 14.6. The number of sulfonamides is 1. The third-order valence-corrected chi connectivity index (χ3v) is 5.83. The Kier molecular flexibility index (Phi) is 6.01. The highest BCUT2D eigenvalue weighted by atomic mass is 32.2. The molecule has 0 aromatic heterocycles. The Balaban J connectivity index is 2.09. The van der Waals surface area contributed by atoms with E-state index in [0.717, 1.165) is 37.1 Å². The van der Waals surface area contributed by atoms with Crippen LogP contribution in [0, 0.1) is 25.7 Å². The zero-order chi connectivity index (χ0) is 17.9. The Morgan fingerprint density at radius 2 is 1.96 bits per heavy atom. The van der Waals surface area contributed by atoms with Crippen molar-refractivity contribution in [3.05, 3.63) is 23.3 Å². The molecule has 1 unspecified atom stereocenters. The lowest BCUT2D eigenvalue weighted by atomic mass is 9.84. The van der Waals surface area contributed by atoms with Crippen molar-refractivity contribution < 1.29 is 13.2 Å². The highest BCUT2D eigenvalue weighted by molar-refractivity contribution is 7.89. The van der Waals surface area contributed by atoms with Crippen LogP contribution in [0.5, 0.6) is 0 Å². The molecule has 1 atom stereocenters. The van der Waals surface area contributed by atoms with Gasteiger partial charge in [0.15, 0.2) is 0 Å². The van der Waals surface area contributed by atoms with Gasteiger partial charge in [-0.15, -0.1) is 0 Å². The molecule has 1 fully saturated rings. The van der Waals surface area contributed by atoms with Crippen molar-refractivity contribution in [3.63, 3.8) is 0 Å². The van der Waals surface area contributed by atoms with E-state index >= 15 is 0 Å². The number of rotatable bonds is 5. The van der Waals surface area contributed by atoms with Crippen LogP contribution >= 0.6 is 0 Å². The number of aryl methyl sites for hydroxylation is 1. The maximum Gasteiger partial charge on any atom is 0.238 e. The summed E-state index contributed by atoms with van der Waals surface area (Å²) in [5.74, 6) is 0.764. The van der Waals surface area contributed by atoms with E-state index in [-0.39, 0.29) is 10.8 Å². The van der Waals surface area contributed by atoms with Crippen molar-refractivity contribution in [3.8, 4) is 0 Å². The molecular weight excluding hydrogens is 326 g/mol. The average molecular weight is 353 g/mol. The molecule has 134 valence electrons. The molecule has 0 aliphatic carbocycles. The van der Waals surface area contributed by atoms with Crippen molar-refractivity contribution in [1.29, 1.82) is 0 Å². The van der Waals surface area contributed by atoms with E-state index in [0.29, 0.717) is 23.9 Å². The van der Waals surface area contributed by atoms with Crippen molar-refractivity contribution >= 4 is 21.6 Å². The van der Waals surface area contributed by atoms with Gasteiger partial charge in [0, 0.05) is 12.1 Å². The maximum absolute atomic E-state index is 12.4. The number of carbonyl (C=O) groups is 1. The smallest absolute Gasteiger partial charge is 0.238 e. The van der Waals surface area contributed by atoms with Crippen LogP contribution in [-0.4, -0.2) is 27.4 Å². The predicted molar refractivity (Wildman–Crippen MR) is 95.3 cm³/mol. The zero-order valence-corrected chi connectivity index (χ0v) is 15.4. The molecule has 1 saturated heterocycles. The number of nitrogens with one attached hydrogen (secondary N) is 2. The Labute approximate surface area is 144 Å². The normalized spacial score (nSPS) is 17.5. The van der Waals surface area contributed by atoms with Gasteiger partial charge in [-0.2, -0.15) is 0 Å². The summed E-state index contributed by atoms with van der Waals surface area (Å²) in [5.41, 5.74) is 2.15. The Hall–Kier alpha value is -1.44. The molecule has 7 heteroatoms. The number of benzene rings is 1. The quantitative estimate of drug-likeness (QED) is 0.752. The number of carbonyl (C=O) groups excluding carboxylic acids is 1. The highest BCUT2D eigenvalue weighted by Crippen LogP contribution is 2.27. The van der Waals surface area contributed by atoms with Gasteiger partial charge in [0.25, 0.3) is 0 Å². The summed E-state index contributed by atoms with van der Waals surface area (Å²) >= 11 is 0. The first-order valence-electron chi connectivity index (χ1n) is 8.33. The van der Waals surface area contributed by atoms with Crippen LogP contribution in [0.1, 0.15) is 37.3 Å². The number of nitrogens with two attached hydrogens (primary N) is 1.